The van der Waals surface area contributed by atoms with Crippen LogP contribution in [0.1, 0.15) is 48.9 Å². The first-order chi connectivity index (χ1) is 14.2. The Morgan fingerprint density at radius 1 is 1.07 bits per heavy atom. The predicted octanol–water partition coefficient (Wildman–Crippen LogP) is 5.49. The molecule has 0 aliphatic heterocycles. The zero-order valence-electron chi connectivity index (χ0n) is 18.1. The van der Waals surface area contributed by atoms with Gasteiger partial charge in [-0.1, -0.05) is 60.8 Å². The summed E-state index contributed by atoms with van der Waals surface area (Å²) in [5, 5.41) is 3.87. The molecule has 0 saturated carbocycles. The highest BCUT2D eigenvalue weighted by molar-refractivity contribution is 6.36. The molecule has 0 aliphatic rings. The lowest BCUT2D eigenvalue weighted by Crippen LogP contribution is -2.48. The van der Waals surface area contributed by atoms with E-state index in [-0.39, 0.29) is 24.8 Å². The topological polar surface area (TPSA) is 49.4 Å². The quantitative estimate of drug-likeness (QED) is 0.515. The van der Waals surface area contributed by atoms with Gasteiger partial charge in [-0.2, -0.15) is 0 Å². The minimum Gasteiger partial charge on any atom is -0.354 e. The van der Waals surface area contributed by atoms with Gasteiger partial charge >= 0.3 is 0 Å². The molecule has 2 aromatic rings. The minimum atomic E-state index is -0.645. The normalized spacial score (nSPS) is 11.8. The van der Waals surface area contributed by atoms with Crippen molar-refractivity contribution in [2.24, 2.45) is 0 Å². The van der Waals surface area contributed by atoms with Gasteiger partial charge < -0.3 is 10.2 Å². The molecule has 0 heterocycles. The minimum absolute atomic E-state index is 0.146. The molecule has 30 heavy (non-hydrogen) atoms. The summed E-state index contributed by atoms with van der Waals surface area (Å²) in [4.78, 5) is 27.5. The number of hydrogen-bond donors (Lipinski definition) is 1. The van der Waals surface area contributed by atoms with Crippen LogP contribution in [0, 0.1) is 13.8 Å². The Morgan fingerprint density at radius 2 is 1.73 bits per heavy atom. The molecule has 1 N–H and O–H groups in total. The Hall–Kier alpha value is -2.04. The summed E-state index contributed by atoms with van der Waals surface area (Å²) in [5.41, 5.74) is 3.86. The number of amides is 2. The fraction of sp³-hybridized carbons (Fsp3) is 0.417. The summed E-state index contributed by atoms with van der Waals surface area (Å²) < 4.78 is 0. The molecular formula is C24H30Cl2N2O2. The Balaban J connectivity index is 2.28. The third-order valence-corrected chi connectivity index (χ3v) is 6.02. The third-order valence-electron chi connectivity index (χ3n) is 5.31. The number of carbonyl (C=O) groups excluding carboxylic acids is 2. The molecule has 2 aromatic carbocycles. The lowest BCUT2D eigenvalue weighted by Gasteiger charge is -2.29. The fourth-order valence-electron chi connectivity index (χ4n) is 3.16. The number of unbranched alkanes of at least 4 members (excludes halogenated alkanes) is 1. The molecule has 2 rings (SSSR count). The van der Waals surface area contributed by atoms with Crippen molar-refractivity contribution in [1.82, 2.24) is 10.2 Å². The summed E-state index contributed by atoms with van der Waals surface area (Å²) in [5.74, 6) is -0.326. The van der Waals surface area contributed by atoms with Crippen LogP contribution >= 0.6 is 23.2 Å². The first-order valence-corrected chi connectivity index (χ1v) is 11.1. The van der Waals surface area contributed by atoms with Crippen LogP contribution in [0.2, 0.25) is 10.0 Å². The van der Waals surface area contributed by atoms with Gasteiger partial charge in [0.1, 0.15) is 6.04 Å². The summed E-state index contributed by atoms with van der Waals surface area (Å²) in [6.45, 7) is 8.62. The second-order valence-electron chi connectivity index (χ2n) is 7.64. The van der Waals surface area contributed by atoms with E-state index in [0.717, 1.165) is 24.0 Å². The van der Waals surface area contributed by atoms with E-state index in [1.54, 1.807) is 30.0 Å². The highest BCUT2D eigenvalue weighted by Gasteiger charge is 2.27. The van der Waals surface area contributed by atoms with Crippen LogP contribution in [0.15, 0.2) is 36.4 Å². The fourth-order valence-corrected chi connectivity index (χ4v) is 3.68. The van der Waals surface area contributed by atoms with E-state index in [2.05, 4.69) is 12.2 Å². The smallest absolute Gasteiger partial charge is 0.242 e. The average Bonchev–Trinajstić information content (AvgIpc) is 2.70. The average molecular weight is 449 g/mol. The molecule has 0 aliphatic carbocycles. The monoisotopic (exact) mass is 448 g/mol. The van der Waals surface area contributed by atoms with E-state index in [4.69, 9.17) is 23.2 Å². The first-order valence-electron chi connectivity index (χ1n) is 10.3. The SMILES string of the molecule is CCCCNC(=O)C(C)N(Cc1c(Cl)cccc1Cl)C(=O)Cc1ccc(C)c(C)c1. The van der Waals surface area contributed by atoms with Gasteiger partial charge in [0.2, 0.25) is 11.8 Å². The standard InChI is InChI=1S/C24H30Cl2N2O2/c1-5-6-12-27-24(30)18(4)28(15-20-21(25)8-7-9-22(20)26)23(29)14-19-11-10-16(2)17(3)13-19/h7-11,13,18H,5-6,12,14-15H2,1-4H3,(H,27,30). The van der Waals surface area contributed by atoms with Crippen molar-refractivity contribution in [3.05, 3.63) is 68.7 Å². The van der Waals surface area contributed by atoms with E-state index in [1.165, 1.54) is 5.56 Å². The molecule has 0 spiro atoms. The molecule has 6 heteroatoms. The number of aryl methyl sites for hydroxylation is 2. The lowest BCUT2D eigenvalue weighted by molar-refractivity contribution is -0.140. The van der Waals surface area contributed by atoms with Gasteiger partial charge in [0.05, 0.1) is 6.42 Å². The van der Waals surface area contributed by atoms with Crippen LogP contribution in [-0.4, -0.2) is 29.3 Å². The number of hydrogen-bond acceptors (Lipinski definition) is 2. The summed E-state index contributed by atoms with van der Waals surface area (Å²) in [7, 11) is 0. The van der Waals surface area contributed by atoms with Gasteiger partial charge in [0.25, 0.3) is 0 Å². The zero-order valence-corrected chi connectivity index (χ0v) is 19.6. The molecule has 4 nitrogen and oxygen atoms in total. The second-order valence-corrected chi connectivity index (χ2v) is 8.45. The Bertz CT molecular complexity index is 879. The van der Waals surface area contributed by atoms with Gasteiger partial charge in [-0.15, -0.1) is 0 Å². The molecule has 2 amide bonds. The van der Waals surface area contributed by atoms with Crippen LogP contribution in [0.5, 0.6) is 0 Å². The van der Waals surface area contributed by atoms with Crippen molar-refractivity contribution >= 4 is 35.0 Å². The van der Waals surface area contributed by atoms with Gasteiger partial charge in [-0.05, 0) is 56.0 Å². The number of carbonyl (C=O) groups is 2. The highest BCUT2D eigenvalue weighted by atomic mass is 35.5. The zero-order chi connectivity index (χ0) is 22.3. The van der Waals surface area contributed by atoms with Crippen molar-refractivity contribution in [2.45, 2.75) is 59.5 Å². The second kappa shape index (κ2) is 11.4. The molecule has 0 radical (unpaired) electrons. The van der Waals surface area contributed by atoms with Crippen molar-refractivity contribution in [2.75, 3.05) is 6.54 Å². The predicted molar refractivity (Wildman–Crippen MR) is 124 cm³/mol. The Morgan fingerprint density at radius 3 is 2.33 bits per heavy atom. The van der Waals surface area contributed by atoms with Crippen molar-refractivity contribution in [3.63, 3.8) is 0 Å². The van der Waals surface area contributed by atoms with Crippen molar-refractivity contribution in [3.8, 4) is 0 Å². The number of rotatable bonds is 9. The largest absolute Gasteiger partial charge is 0.354 e. The molecule has 0 fully saturated rings. The van der Waals surface area contributed by atoms with E-state index in [0.29, 0.717) is 22.2 Å². The maximum absolute atomic E-state index is 13.3. The summed E-state index contributed by atoms with van der Waals surface area (Å²) >= 11 is 12.7. The van der Waals surface area contributed by atoms with Crippen molar-refractivity contribution < 1.29 is 9.59 Å². The first kappa shape index (κ1) is 24.2. The molecule has 162 valence electrons. The van der Waals surface area contributed by atoms with E-state index in [1.807, 2.05) is 32.0 Å². The maximum Gasteiger partial charge on any atom is 0.242 e. The van der Waals surface area contributed by atoms with Gasteiger partial charge in [0, 0.05) is 28.7 Å². The highest BCUT2D eigenvalue weighted by Crippen LogP contribution is 2.27. The van der Waals surface area contributed by atoms with Crippen LogP contribution < -0.4 is 5.32 Å². The van der Waals surface area contributed by atoms with Gasteiger partial charge in [-0.3, -0.25) is 9.59 Å². The molecule has 0 saturated heterocycles. The Labute approximate surface area is 189 Å². The summed E-state index contributed by atoms with van der Waals surface area (Å²) in [6, 6.07) is 10.6. The van der Waals surface area contributed by atoms with Crippen LogP contribution in [0.25, 0.3) is 0 Å². The number of benzene rings is 2. The number of halogens is 2. The molecule has 0 bridgehead atoms. The van der Waals surface area contributed by atoms with Crippen LogP contribution in [-0.2, 0) is 22.6 Å². The van der Waals surface area contributed by atoms with E-state index >= 15 is 0 Å². The molecular weight excluding hydrogens is 419 g/mol. The lowest BCUT2D eigenvalue weighted by atomic mass is 10.0. The molecule has 1 atom stereocenters. The van der Waals surface area contributed by atoms with Gasteiger partial charge in [0.15, 0.2) is 0 Å². The van der Waals surface area contributed by atoms with Crippen LogP contribution in [0.4, 0.5) is 0 Å². The van der Waals surface area contributed by atoms with Gasteiger partial charge in [-0.25, -0.2) is 0 Å². The number of nitrogens with one attached hydrogen (secondary N) is 1. The third kappa shape index (κ3) is 6.48. The molecule has 1 unspecified atom stereocenters. The summed E-state index contributed by atoms with van der Waals surface area (Å²) in [6.07, 6.45) is 2.08. The van der Waals surface area contributed by atoms with Crippen molar-refractivity contribution in [1.29, 1.82) is 0 Å². The van der Waals surface area contributed by atoms with E-state index in [9.17, 15) is 9.59 Å². The van der Waals surface area contributed by atoms with Crippen LogP contribution in [0.3, 0.4) is 0 Å². The molecule has 0 aromatic heterocycles. The van der Waals surface area contributed by atoms with E-state index < -0.39 is 6.04 Å². The Kier molecular flexibility index (Phi) is 9.19. The number of nitrogens with zero attached hydrogens (tertiary/aromatic N) is 1. The maximum atomic E-state index is 13.3.